The molecule has 0 spiro atoms. The number of nitrogens with zero attached hydrogens (tertiary/aromatic N) is 3. The summed E-state index contributed by atoms with van der Waals surface area (Å²) in [7, 11) is -4.45. The lowest BCUT2D eigenvalue weighted by Gasteiger charge is -2.36. The quantitative estimate of drug-likeness (QED) is 0.138. The van der Waals surface area contributed by atoms with Crippen molar-refractivity contribution in [3.05, 3.63) is 118 Å². The number of benzene rings is 4. The Balaban J connectivity index is 1.16. The normalized spacial score (nSPS) is 16.7. The summed E-state index contributed by atoms with van der Waals surface area (Å²) in [5.41, 5.74) is 5.09. The maximum atomic E-state index is 14.5. The number of carbonyl (C=O) groups is 3. The number of ether oxygens (including phenoxy) is 3. The van der Waals surface area contributed by atoms with Gasteiger partial charge in [-0.15, -0.1) is 0 Å². The third-order valence-corrected chi connectivity index (χ3v) is 13.3. The molecule has 2 aliphatic heterocycles. The summed E-state index contributed by atoms with van der Waals surface area (Å²) < 4.78 is 48.0. The molecule has 5 aromatic rings. The number of aryl methyl sites for hydroxylation is 1. The average Bonchev–Trinajstić information content (AvgIpc) is 3.59. The molecule has 0 radical (unpaired) electrons. The number of hydrogen-bond donors (Lipinski definition) is 3. The lowest BCUT2D eigenvalue weighted by Crippen LogP contribution is -2.55. The van der Waals surface area contributed by atoms with Crippen LogP contribution < -0.4 is 24.8 Å². The Bertz CT molecular complexity index is 2520. The molecule has 58 heavy (non-hydrogen) atoms. The minimum absolute atomic E-state index is 0.0764. The van der Waals surface area contributed by atoms with Crippen molar-refractivity contribution in [2.24, 2.45) is 0 Å². The van der Waals surface area contributed by atoms with Crippen LogP contribution in [0.4, 0.5) is 5.13 Å². The predicted molar refractivity (Wildman–Crippen MR) is 214 cm³/mol. The maximum absolute atomic E-state index is 14.5. The van der Waals surface area contributed by atoms with Crippen LogP contribution in [0.3, 0.4) is 0 Å². The second-order valence-electron chi connectivity index (χ2n) is 13.8. The van der Waals surface area contributed by atoms with Gasteiger partial charge in [-0.05, 0) is 90.0 Å². The van der Waals surface area contributed by atoms with E-state index >= 15 is 0 Å². The number of nitrogens with one attached hydrogen (secondary N) is 2. The van der Waals surface area contributed by atoms with E-state index in [-0.39, 0.29) is 41.0 Å². The lowest BCUT2D eigenvalue weighted by atomic mass is 9.94. The van der Waals surface area contributed by atoms with Gasteiger partial charge < -0.3 is 30.0 Å². The molecular formula is C42H39N5O9S2. The van der Waals surface area contributed by atoms with E-state index in [0.717, 1.165) is 38.1 Å². The molecule has 16 heteroatoms. The van der Waals surface area contributed by atoms with Crippen LogP contribution in [0, 0.1) is 18.3 Å². The average molecular weight is 822 g/mol. The van der Waals surface area contributed by atoms with Crippen LogP contribution in [0.15, 0.2) is 89.1 Å². The highest BCUT2D eigenvalue weighted by atomic mass is 32.2. The van der Waals surface area contributed by atoms with Gasteiger partial charge in [0.05, 0.1) is 23.9 Å². The summed E-state index contributed by atoms with van der Waals surface area (Å²) in [4.78, 5) is 42.9. The number of amides is 2. The molecule has 3 N–H and O–H groups in total. The van der Waals surface area contributed by atoms with Crippen molar-refractivity contribution in [2.75, 3.05) is 18.5 Å². The van der Waals surface area contributed by atoms with Crippen LogP contribution in [0.2, 0.25) is 0 Å². The number of sulfonamides is 1. The summed E-state index contributed by atoms with van der Waals surface area (Å²) in [6, 6.07) is 24.5. The summed E-state index contributed by atoms with van der Waals surface area (Å²) in [6.45, 7) is 5.18. The Morgan fingerprint density at radius 3 is 2.33 bits per heavy atom. The van der Waals surface area contributed by atoms with E-state index in [9.17, 15) is 27.9 Å². The van der Waals surface area contributed by atoms with E-state index in [1.807, 2.05) is 55.5 Å². The molecule has 1 aromatic heterocycles. The molecule has 0 fully saturated rings. The molecule has 7 rings (SSSR count). The van der Waals surface area contributed by atoms with E-state index in [1.54, 1.807) is 36.4 Å². The molecule has 0 bridgehead atoms. The van der Waals surface area contributed by atoms with E-state index in [2.05, 4.69) is 21.7 Å². The van der Waals surface area contributed by atoms with Gasteiger partial charge in [0.15, 0.2) is 26.9 Å². The minimum atomic E-state index is -4.45. The smallest absolute Gasteiger partial charge is 0.326 e. The van der Waals surface area contributed by atoms with Crippen LogP contribution in [0.5, 0.6) is 17.2 Å². The van der Waals surface area contributed by atoms with E-state index in [0.29, 0.717) is 40.4 Å². The number of carbonyl (C=O) groups excluding carboxylic acids is 2. The van der Waals surface area contributed by atoms with E-state index < -0.39 is 46.0 Å². The van der Waals surface area contributed by atoms with E-state index in [4.69, 9.17) is 19.5 Å². The molecule has 2 amide bonds. The van der Waals surface area contributed by atoms with Crippen LogP contribution in [0.25, 0.3) is 11.1 Å². The highest BCUT2D eigenvalue weighted by Gasteiger charge is 2.43. The van der Waals surface area contributed by atoms with Gasteiger partial charge >= 0.3 is 5.97 Å². The fourth-order valence-corrected chi connectivity index (χ4v) is 10.1. The van der Waals surface area contributed by atoms with Crippen LogP contribution >= 0.6 is 11.3 Å². The zero-order valence-corrected chi connectivity index (χ0v) is 33.4. The van der Waals surface area contributed by atoms with E-state index in [1.165, 1.54) is 13.8 Å². The Kier molecular flexibility index (Phi) is 11.5. The lowest BCUT2D eigenvalue weighted by molar-refractivity contribution is -0.142. The maximum Gasteiger partial charge on any atom is 0.326 e. The summed E-state index contributed by atoms with van der Waals surface area (Å²) in [5.74, 6) is -0.964. The molecule has 0 saturated heterocycles. The van der Waals surface area contributed by atoms with Crippen LogP contribution in [-0.4, -0.2) is 65.9 Å². The number of hydrogen-bond acceptors (Lipinski definition) is 11. The van der Waals surface area contributed by atoms with Crippen molar-refractivity contribution < 1.29 is 42.1 Å². The summed E-state index contributed by atoms with van der Waals surface area (Å²) in [5, 5.41) is 24.6. The van der Waals surface area contributed by atoms with Gasteiger partial charge in [0.1, 0.15) is 24.4 Å². The highest BCUT2D eigenvalue weighted by Crippen LogP contribution is 2.42. The molecule has 3 heterocycles. The van der Waals surface area contributed by atoms with Crippen molar-refractivity contribution in [2.45, 2.75) is 62.6 Å². The van der Waals surface area contributed by atoms with Gasteiger partial charge in [0.2, 0.25) is 11.8 Å². The van der Waals surface area contributed by atoms with Crippen molar-refractivity contribution in [1.82, 2.24) is 14.6 Å². The molecule has 14 nitrogen and oxygen atoms in total. The first-order valence-corrected chi connectivity index (χ1v) is 20.7. The van der Waals surface area contributed by atoms with Gasteiger partial charge in [-0.25, -0.2) is 18.2 Å². The first kappa shape index (κ1) is 39.9. The predicted octanol–water partition coefficient (Wildman–Crippen LogP) is 5.79. The second kappa shape index (κ2) is 16.7. The largest absolute Gasteiger partial charge is 0.494 e. The number of aromatic nitrogens is 1. The Labute approximate surface area is 339 Å². The van der Waals surface area contributed by atoms with Crippen molar-refractivity contribution in [3.8, 4) is 34.4 Å². The Morgan fingerprint density at radius 2 is 1.69 bits per heavy atom. The zero-order chi connectivity index (χ0) is 41.1. The van der Waals surface area contributed by atoms with Gasteiger partial charge in [-0.3, -0.25) is 9.59 Å². The zero-order valence-electron chi connectivity index (χ0n) is 31.7. The molecule has 2 aliphatic rings. The minimum Gasteiger partial charge on any atom is -0.494 e. The van der Waals surface area contributed by atoms with Crippen molar-refractivity contribution >= 4 is 44.3 Å². The number of carboxylic acids is 1. The van der Waals surface area contributed by atoms with Gasteiger partial charge in [-0.1, -0.05) is 59.9 Å². The van der Waals surface area contributed by atoms with Gasteiger partial charge in [-0.2, -0.15) is 9.57 Å². The van der Waals surface area contributed by atoms with Crippen LogP contribution in [-0.2, 0) is 43.8 Å². The van der Waals surface area contributed by atoms with Crippen molar-refractivity contribution in [3.63, 3.8) is 0 Å². The molecule has 0 saturated carbocycles. The fraction of sp³-hybridized carbons (Fsp3) is 0.262. The second-order valence-corrected chi connectivity index (χ2v) is 16.9. The number of aliphatic carboxylic acids is 1. The SMILES string of the molecule is CCOc1ccc([C@H]2COc3cc4c(cc3O2)CN(S(=O)(=O)c2sc(NC(C)=O)nc2C)C(C(=O)N[C@@H](Cc2ccc(-c3ccc(C#N)cc3)cc2)C(=O)O)C4)cc1. The molecule has 4 aromatic carbocycles. The standard InChI is InChI=1S/C42H39N5O9S2/c1-4-54-33-15-13-30(14-16-33)38-23-55-36-19-31-18-35(47(22-32(31)20-37(36)56-38)58(52,53)41-24(2)44-42(57-41)45-25(3)48)39(49)46-34(40(50)51)17-26-5-9-28(10-6-26)29-11-7-27(21-43)8-12-29/h5-16,19-20,34-35,38H,4,17-18,22-23H2,1-3H3,(H,46,49)(H,50,51)(H,44,45,48)/t34-,35?,38+/m0/s1. The third kappa shape index (κ3) is 8.52. The molecule has 3 atom stereocenters. The monoisotopic (exact) mass is 821 g/mol. The first-order valence-electron chi connectivity index (χ1n) is 18.4. The first-order chi connectivity index (χ1) is 27.8. The summed E-state index contributed by atoms with van der Waals surface area (Å²) in [6.07, 6.45) is -0.621. The van der Waals surface area contributed by atoms with Crippen LogP contribution in [0.1, 0.15) is 53.5 Å². The number of anilines is 1. The number of rotatable bonds is 12. The number of thiazole rings is 1. The molecule has 0 aliphatic carbocycles. The number of fused-ring (bicyclic) bond motifs is 2. The van der Waals surface area contributed by atoms with Gasteiger partial charge in [0, 0.05) is 19.9 Å². The Morgan fingerprint density at radius 1 is 1.02 bits per heavy atom. The molecule has 298 valence electrons. The molecule has 1 unspecified atom stereocenters. The fourth-order valence-electron chi connectivity index (χ4n) is 6.92. The third-order valence-electron chi connectivity index (χ3n) is 9.81. The highest BCUT2D eigenvalue weighted by molar-refractivity contribution is 7.91. The molecular weight excluding hydrogens is 783 g/mol. The number of nitriles is 1. The van der Waals surface area contributed by atoms with Crippen molar-refractivity contribution in [1.29, 1.82) is 5.26 Å². The summed E-state index contributed by atoms with van der Waals surface area (Å²) >= 11 is 0.764. The van der Waals surface area contributed by atoms with Gasteiger partial charge in [0.25, 0.3) is 10.0 Å². The Hall–Kier alpha value is -6.28. The number of carboxylic acid groups (broad SMARTS) is 1. The topological polar surface area (TPSA) is 197 Å².